The summed E-state index contributed by atoms with van der Waals surface area (Å²) in [6, 6.07) is 12.1. The highest BCUT2D eigenvalue weighted by molar-refractivity contribution is 7.89. The molecule has 1 saturated heterocycles. The van der Waals surface area contributed by atoms with E-state index >= 15 is 0 Å². The van der Waals surface area contributed by atoms with E-state index in [2.05, 4.69) is 5.32 Å². The number of nitrogens with one attached hydrogen (secondary N) is 1. The predicted octanol–water partition coefficient (Wildman–Crippen LogP) is 2.76. The van der Waals surface area contributed by atoms with Crippen LogP contribution in [0.5, 0.6) is 0 Å². The van der Waals surface area contributed by atoms with E-state index in [-0.39, 0.29) is 35.8 Å². The zero-order chi connectivity index (χ0) is 19.4. The lowest BCUT2D eigenvalue weighted by molar-refractivity contribution is -0.115. The molecule has 1 amide bonds. The molecule has 144 valence electrons. The molecule has 1 N–H and O–H groups in total. The lowest BCUT2D eigenvalue weighted by Gasteiger charge is -2.37. The molecule has 1 aliphatic heterocycles. The Morgan fingerprint density at radius 3 is 2.37 bits per heavy atom. The zero-order valence-corrected chi connectivity index (χ0v) is 15.7. The van der Waals surface area contributed by atoms with Crippen molar-refractivity contribution in [1.29, 1.82) is 0 Å². The van der Waals surface area contributed by atoms with Gasteiger partial charge in [0.05, 0.1) is 17.6 Å². The third-order valence-electron chi connectivity index (χ3n) is 4.31. The van der Waals surface area contributed by atoms with Gasteiger partial charge in [0, 0.05) is 25.2 Å². The molecule has 0 bridgehead atoms. The van der Waals surface area contributed by atoms with Gasteiger partial charge >= 0.3 is 0 Å². The lowest BCUT2D eigenvalue weighted by atomic mass is 10.2. The lowest BCUT2D eigenvalue weighted by Crippen LogP contribution is -2.54. The molecular formula is C19H21FN2O4S. The largest absolute Gasteiger partial charge is 0.371 e. The molecule has 0 aliphatic carbocycles. The summed E-state index contributed by atoms with van der Waals surface area (Å²) in [6.45, 7) is 2.60. The van der Waals surface area contributed by atoms with Gasteiger partial charge in [-0.05, 0) is 42.0 Å². The van der Waals surface area contributed by atoms with Crippen LogP contribution in [0.1, 0.15) is 18.9 Å². The van der Waals surface area contributed by atoms with Gasteiger partial charge in [0.1, 0.15) is 5.82 Å². The van der Waals surface area contributed by atoms with Crippen molar-refractivity contribution in [3.05, 3.63) is 59.9 Å². The summed E-state index contributed by atoms with van der Waals surface area (Å²) in [7, 11) is -3.58. The topological polar surface area (TPSA) is 75.7 Å². The summed E-state index contributed by atoms with van der Waals surface area (Å²) in [6.07, 6.45) is 0.167. The molecule has 27 heavy (non-hydrogen) atoms. The number of carbonyl (C=O) groups is 1. The van der Waals surface area contributed by atoms with Crippen LogP contribution in [0.2, 0.25) is 0 Å². The molecule has 2 aromatic rings. The molecule has 0 radical (unpaired) electrons. The van der Waals surface area contributed by atoms with Crippen molar-refractivity contribution in [3.8, 4) is 0 Å². The molecule has 6 nitrogen and oxygen atoms in total. The van der Waals surface area contributed by atoms with Crippen molar-refractivity contribution < 1.29 is 22.3 Å². The van der Waals surface area contributed by atoms with Gasteiger partial charge < -0.3 is 10.1 Å². The second-order valence-corrected chi connectivity index (χ2v) is 8.25. The van der Waals surface area contributed by atoms with Crippen molar-refractivity contribution in [2.45, 2.75) is 31.0 Å². The van der Waals surface area contributed by atoms with Crippen LogP contribution in [0.4, 0.5) is 10.1 Å². The van der Waals surface area contributed by atoms with Gasteiger partial charge in [-0.1, -0.05) is 19.1 Å². The average molecular weight is 392 g/mol. The highest BCUT2D eigenvalue weighted by Crippen LogP contribution is 2.25. The molecule has 0 saturated carbocycles. The zero-order valence-electron chi connectivity index (χ0n) is 14.9. The van der Waals surface area contributed by atoms with Gasteiger partial charge in [0.15, 0.2) is 0 Å². The number of nitrogens with zero attached hydrogens (tertiary/aromatic N) is 1. The maximum absolute atomic E-state index is 12.9. The molecule has 2 aromatic carbocycles. The summed E-state index contributed by atoms with van der Waals surface area (Å²) >= 11 is 0. The number of anilines is 1. The molecule has 3 rings (SSSR count). The van der Waals surface area contributed by atoms with Crippen LogP contribution in [0.25, 0.3) is 0 Å². The smallest absolute Gasteiger partial charge is 0.243 e. The first-order chi connectivity index (χ1) is 12.9. The summed E-state index contributed by atoms with van der Waals surface area (Å²) in [5.74, 6) is -0.436. The van der Waals surface area contributed by atoms with E-state index in [0.29, 0.717) is 18.7 Å². The molecule has 1 aliphatic rings. The number of hydrogen-bond acceptors (Lipinski definition) is 4. The third kappa shape index (κ3) is 4.71. The number of sulfonamides is 1. The Kier molecular flexibility index (Phi) is 5.88. The fourth-order valence-electron chi connectivity index (χ4n) is 2.61. The van der Waals surface area contributed by atoms with Crippen molar-refractivity contribution in [2.24, 2.45) is 0 Å². The van der Waals surface area contributed by atoms with E-state index in [1.807, 2.05) is 0 Å². The molecule has 0 unspecified atom stereocenters. The molecule has 0 spiro atoms. The molecule has 0 aromatic heterocycles. The van der Waals surface area contributed by atoms with E-state index in [1.165, 1.54) is 28.6 Å². The highest BCUT2D eigenvalue weighted by Gasteiger charge is 2.37. The first kappa shape index (κ1) is 19.5. The molecule has 0 atom stereocenters. The Balaban J connectivity index is 1.53. The maximum Gasteiger partial charge on any atom is 0.243 e. The third-order valence-corrected chi connectivity index (χ3v) is 6.16. The number of ether oxygens (including phenoxy) is 1. The van der Waals surface area contributed by atoms with E-state index in [0.717, 1.165) is 5.56 Å². The van der Waals surface area contributed by atoms with Gasteiger partial charge in [-0.3, -0.25) is 4.79 Å². The highest BCUT2D eigenvalue weighted by atomic mass is 32.2. The van der Waals surface area contributed by atoms with E-state index in [4.69, 9.17) is 4.74 Å². The van der Waals surface area contributed by atoms with Gasteiger partial charge in [-0.25, -0.2) is 12.8 Å². The van der Waals surface area contributed by atoms with Gasteiger partial charge in [-0.2, -0.15) is 4.31 Å². The Labute approximate surface area is 158 Å². The van der Waals surface area contributed by atoms with Crippen molar-refractivity contribution in [3.63, 3.8) is 0 Å². The van der Waals surface area contributed by atoms with Gasteiger partial charge in [0.25, 0.3) is 0 Å². The second-order valence-electron chi connectivity index (χ2n) is 6.31. The minimum Gasteiger partial charge on any atom is -0.371 e. The fraction of sp³-hybridized carbons (Fsp3) is 0.316. The Morgan fingerprint density at radius 2 is 1.78 bits per heavy atom. The number of rotatable bonds is 7. The number of amides is 1. The summed E-state index contributed by atoms with van der Waals surface area (Å²) in [4.78, 5) is 11.5. The van der Waals surface area contributed by atoms with Crippen LogP contribution in [0.3, 0.4) is 0 Å². The van der Waals surface area contributed by atoms with Crippen LogP contribution >= 0.6 is 0 Å². The van der Waals surface area contributed by atoms with Crippen molar-refractivity contribution in [2.75, 3.05) is 18.4 Å². The maximum atomic E-state index is 12.9. The van der Waals surface area contributed by atoms with Crippen LogP contribution in [-0.4, -0.2) is 37.8 Å². The minimum absolute atomic E-state index is 0.130. The van der Waals surface area contributed by atoms with E-state index in [1.54, 1.807) is 31.2 Å². The minimum atomic E-state index is -3.58. The van der Waals surface area contributed by atoms with Gasteiger partial charge in [0.2, 0.25) is 15.9 Å². The van der Waals surface area contributed by atoms with Crippen molar-refractivity contribution in [1.82, 2.24) is 4.31 Å². The number of hydrogen-bond donors (Lipinski definition) is 1. The first-order valence-electron chi connectivity index (χ1n) is 8.64. The molecular weight excluding hydrogens is 371 g/mol. The first-order valence-corrected chi connectivity index (χ1v) is 10.1. The quantitative estimate of drug-likeness (QED) is 0.786. The van der Waals surface area contributed by atoms with E-state index in [9.17, 15) is 17.6 Å². The summed E-state index contributed by atoms with van der Waals surface area (Å²) < 4.78 is 45.1. The molecule has 8 heteroatoms. The van der Waals surface area contributed by atoms with E-state index < -0.39 is 10.0 Å². The summed E-state index contributed by atoms with van der Waals surface area (Å²) in [5, 5.41) is 2.68. The normalized spacial score (nSPS) is 15.3. The Hall–Kier alpha value is -2.29. The fourth-order valence-corrected chi connectivity index (χ4v) is 4.11. The average Bonchev–Trinajstić information content (AvgIpc) is 2.62. The van der Waals surface area contributed by atoms with Gasteiger partial charge in [-0.15, -0.1) is 0 Å². The SMILES string of the molecule is CCC(=O)Nc1ccc(S(=O)(=O)N2CC(OCc3ccc(F)cc3)C2)cc1. The Morgan fingerprint density at radius 1 is 1.15 bits per heavy atom. The molecule has 1 heterocycles. The van der Waals surface area contributed by atoms with Crippen LogP contribution in [0, 0.1) is 5.82 Å². The Bertz CT molecular complexity index is 892. The predicted molar refractivity (Wildman–Crippen MR) is 99.1 cm³/mol. The number of halogens is 1. The summed E-state index contributed by atoms with van der Waals surface area (Å²) in [5.41, 5.74) is 1.40. The monoisotopic (exact) mass is 392 g/mol. The number of carbonyl (C=O) groups excluding carboxylic acids is 1. The van der Waals surface area contributed by atoms with Crippen LogP contribution in [-0.2, 0) is 26.2 Å². The van der Waals surface area contributed by atoms with Crippen LogP contribution in [0.15, 0.2) is 53.4 Å². The second kappa shape index (κ2) is 8.16. The molecule has 1 fully saturated rings. The van der Waals surface area contributed by atoms with Crippen LogP contribution < -0.4 is 5.32 Å². The van der Waals surface area contributed by atoms with Crippen molar-refractivity contribution >= 4 is 21.6 Å². The number of benzene rings is 2. The standard InChI is InChI=1S/C19H21FN2O4S/c1-2-19(23)21-16-7-9-18(10-8-16)27(24,25)22-11-17(12-22)26-13-14-3-5-15(20)6-4-14/h3-10,17H,2,11-13H2,1H3,(H,21,23).